The molecule has 10 aromatic carbocycles. The molecule has 0 bridgehead atoms. The van der Waals surface area contributed by atoms with Gasteiger partial charge in [-0.3, -0.25) is 0 Å². The van der Waals surface area contributed by atoms with Crippen LogP contribution in [0.5, 0.6) is 11.5 Å². The van der Waals surface area contributed by atoms with Crippen molar-refractivity contribution in [2.24, 2.45) is 0 Å². The number of para-hydroxylation sites is 4. The van der Waals surface area contributed by atoms with Crippen LogP contribution in [0.2, 0.25) is 0 Å². The van der Waals surface area contributed by atoms with Crippen LogP contribution in [0.3, 0.4) is 0 Å². The molecule has 2 aliphatic heterocycles. The second kappa shape index (κ2) is 14.3. The van der Waals surface area contributed by atoms with Crippen LogP contribution in [0, 0.1) is 0 Å². The largest absolute Gasteiger partial charge is 0.457 e. The lowest BCUT2D eigenvalue weighted by molar-refractivity contribution is 0.434. The Balaban J connectivity index is 1.20. The highest BCUT2D eigenvalue weighted by Crippen LogP contribution is 2.60. The van der Waals surface area contributed by atoms with Crippen LogP contribution in [0.4, 0.5) is 0 Å². The minimum absolute atomic E-state index is 0.652. The van der Waals surface area contributed by atoms with Crippen LogP contribution in [0.25, 0.3) is 49.7 Å². The van der Waals surface area contributed by atoms with E-state index in [1.807, 2.05) is 0 Å². The van der Waals surface area contributed by atoms with Gasteiger partial charge in [0.2, 0.25) is 0 Å². The molecule has 0 aliphatic carbocycles. The summed E-state index contributed by atoms with van der Waals surface area (Å²) >= 11 is 0. The lowest BCUT2D eigenvalue weighted by atomic mass is 9.62. The Morgan fingerprint density at radius 1 is 0.328 bits per heavy atom. The van der Waals surface area contributed by atoms with Crippen molar-refractivity contribution in [3.63, 3.8) is 0 Å². The fourth-order valence-corrected chi connectivity index (χ4v) is 16.2. The van der Waals surface area contributed by atoms with Crippen molar-refractivity contribution in [1.29, 1.82) is 0 Å². The first-order valence-electron chi connectivity index (χ1n) is 22.2. The van der Waals surface area contributed by atoms with Gasteiger partial charge in [-0.1, -0.05) is 224 Å². The van der Waals surface area contributed by atoms with E-state index in [2.05, 4.69) is 253 Å². The Morgan fingerprint density at radius 2 is 0.797 bits per heavy atom. The summed E-state index contributed by atoms with van der Waals surface area (Å²) < 4.78 is 9.39. The molecule has 13 rings (SSSR count). The maximum atomic E-state index is 6.81. The first-order valence-corrected chi connectivity index (χ1v) is 24.2. The molecular formula is C61H41NOSi. The van der Waals surface area contributed by atoms with Crippen molar-refractivity contribution in [1.82, 2.24) is 4.57 Å². The normalized spacial score (nSPS) is 13.2. The predicted octanol–water partition coefficient (Wildman–Crippen LogP) is 12.3. The quantitative estimate of drug-likeness (QED) is 0.120. The van der Waals surface area contributed by atoms with Gasteiger partial charge in [-0.05, 0) is 78.4 Å². The van der Waals surface area contributed by atoms with Crippen molar-refractivity contribution in [2.45, 2.75) is 5.41 Å². The van der Waals surface area contributed by atoms with E-state index < -0.39 is 13.5 Å². The zero-order valence-corrected chi connectivity index (χ0v) is 36.0. The van der Waals surface area contributed by atoms with E-state index in [1.165, 1.54) is 81.6 Å². The average molecular weight is 832 g/mol. The van der Waals surface area contributed by atoms with Gasteiger partial charge in [-0.15, -0.1) is 0 Å². The van der Waals surface area contributed by atoms with Crippen LogP contribution >= 0.6 is 0 Å². The van der Waals surface area contributed by atoms with Gasteiger partial charge >= 0.3 is 0 Å². The zero-order chi connectivity index (χ0) is 42.2. The molecule has 64 heavy (non-hydrogen) atoms. The van der Waals surface area contributed by atoms with E-state index in [0.29, 0.717) is 0 Å². The lowest BCUT2D eigenvalue weighted by Crippen LogP contribution is -2.74. The molecule has 300 valence electrons. The summed E-state index contributed by atoms with van der Waals surface area (Å²) in [7, 11) is -3.15. The molecule has 0 N–H and O–H groups in total. The molecule has 0 saturated carbocycles. The number of benzene rings is 10. The second-order valence-electron chi connectivity index (χ2n) is 17.1. The van der Waals surface area contributed by atoms with Crippen LogP contribution < -0.4 is 25.5 Å². The number of nitrogens with zero attached hydrogens (tertiary/aromatic N) is 1. The number of ether oxygens (including phenoxy) is 1. The average Bonchev–Trinajstić information content (AvgIpc) is 3.72. The van der Waals surface area contributed by atoms with Crippen molar-refractivity contribution >= 4 is 50.6 Å². The highest BCUT2D eigenvalue weighted by Gasteiger charge is 2.51. The van der Waals surface area contributed by atoms with Gasteiger partial charge in [-0.25, -0.2) is 0 Å². The summed E-state index contributed by atoms with van der Waals surface area (Å²) in [5, 5.41) is 7.82. The fraction of sp³-hybridized carbons (Fsp3) is 0.0164. The van der Waals surface area contributed by atoms with Crippen LogP contribution in [0.1, 0.15) is 22.3 Å². The van der Waals surface area contributed by atoms with Gasteiger partial charge in [0, 0.05) is 21.9 Å². The summed E-state index contributed by atoms with van der Waals surface area (Å²) in [4.78, 5) is 0. The third-order valence-corrected chi connectivity index (χ3v) is 18.7. The van der Waals surface area contributed by atoms with Gasteiger partial charge in [0.15, 0.2) is 8.07 Å². The third-order valence-electron chi connectivity index (χ3n) is 14.0. The predicted molar refractivity (Wildman–Crippen MR) is 267 cm³/mol. The minimum atomic E-state index is -3.15. The number of rotatable bonds is 6. The summed E-state index contributed by atoms with van der Waals surface area (Å²) in [5.41, 5.74) is 12.7. The molecular weight excluding hydrogens is 791 g/mol. The van der Waals surface area contributed by atoms with E-state index in [9.17, 15) is 0 Å². The Labute approximate surface area is 374 Å². The summed E-state index contributed by atoms with van der Waals surface area (Å²) in [6.45, 7) is 0. The summed E-state index contributed by atoms with van der Waals surface area (Å²) in [6, 6.07) is 92.6. The van der Waals surface area contributed by atoms with Gasteiger partial charge in [0.1, 0.15) is 11.5 Å². The first kappa shape index (κ1) is 36.7. The smallest absolute Gasteiger partial charge is 0.179 e. The summed E-state index contributed by atoms with van der Waals surface area (Å²) in [6.07, 6.45) is 0. The zero-order valence-electron chi connectivity index (χ0n) is 35.0. The lowest BCUT2D eigenvalue weighted by Gasteiger charge is -2.45. The van der Waals surface area contributed by atoms with E-state index >= 15 is 0 Å². The van der Waals surface area contributed by atoms with Crippen LogP contribution in [-0.2, 0) is 5.41 Å². The number of fused-ring (bicyclic) bond motifs is 11. The highest BCUT2D eigenvalue weighted by atomic mass is 28.3. The molecule has 0 amide bonds. The van der Waals surface area contributed by atoms with E-state index in [1.54, 1.807) is 0 Å². The second-order valence-corrected chi connectivity index (χ2v) is 20.9. The Hall–Kier alpha value is -7.98. The van der Waals surface area contributed by atoms with Gasteiger partial charge in [0.05, 0.1) is 22.1 Å². The van der Waals surface area contributed by atoms with Crippen molar-refractivity contribution in [3.8, 4) is 39.4 Å². The number of hydrogen-bond donors (Lipinski definition) is 0. The molecule has 1 spiro atoms. The maximum Gasteiger partial charge on any atom is 0.179 e. The Morgan fingerprint density at radius 3 is 1.44 bits per heavy atom. The third kappa shape index (κ3) is 5.13. The molecule has 0 saturated heterocycles. The molecule has 2 nitrogen and oxygen atoms in total. The molecule has 2 aliphatic rings. The standard InChI is InChI=1S/C61H41NOSi/c1-4-19-42(20-5-1)44-23-16-27-47(39-44)64(46-25-8-3-9-26-46,48-28-17-24-45(40-48)43-21-6-2-7-22-43)49-37-38-52-57(41-49)62-56-34-13-10-29-50(56)51-30-18-33-55(60(51)62)61(52)53-31-11-14-35-58(53)63-59-36-15-12-32-54(59)61/h1-41H. The van der Waals surface area contributed by atoms with E-state index in [0.717, 1.165) is 22.6 Å². The van der Waals surface area contributed by atoms with Crippen molar-refractivity contribution in [3.05, 3.63) is 271 Å². The van der Waals surface area contributed by atoms with E-state index in [-0.39, 0.29) is 0 Å². The molecule has 0 fully saturated rings. The molecule has 0 atom stereocenters. The van der Waals surface area contributed by atoms with Crippen molar-refractivity contribution in [2.75, 3.05) is 0 Å². The highest BCUT2D eigenvalue weighted by molar-refractivity contribution is 7.20. The number of aromatic nitrogens is 1. The first-order chi connectivity index (χ1) is 31.7. The monoisotopic (exact) mass is 831 g/mol. The van der Waals surface area contributed by atoms with Crippen LogP contribution in [0.15, 0.2) is 249 Å². The molecule has 11 aromatic rings. The summed E-state index contributed by atoms with van der Waals surface area (Å²) in [5.74, 6) is 1.78. The Kier molecular flexibility index (Phi) is 8.18. The van der Waals surface area contributed by atoms with Gasteiger partial charge < -0.3 is 9.30 Å². The van der Waals surface area contributed by atoms with Crippen molar-refractivity contribution < 1.29 is 4.74 Å². The van der Waals surface area contributed by atoms with E-state index in [4.69, 9.17) is 4.74 Å². The molecule has 3 heteroatoms. The molecule has 3 heterocycles. The molecule has 0 radical (unpaired) electrons. The minimum Gasteiger partial charge on any atom is -0.457 e. The van der Waals surface area contributed by atoms with Gasteiger partial charge in [-0.2, -0.15) is 0 Å². The van der Waals surface area contributed by atoms with Gasteiger partial charge in [0.25, 0.3) is 0 Å². The molecule has 1 aromatic heterocycles. The maximum absolute atomic E-state index is 6.81. The topological polar surface area (TPSA) is 14.2 Å². The Bertz CT molecular complexity index is 3460. The number of hydrogen-bond acceptors (Lipinski definition) is 1. The fourth-order valence-electron chi connectivity index (χ4n) is 11.4. The SMILES string of the molecule is c1ccc(-c2cccc([Si](c3ccccc3)(c3cccc(-c4ccccc4)c3)c3ccc4c(c3)-n3c5ccccc5c5cccc(c53)C43c4ccccc4Oc4ccccc43)c2)cc1. The van der Waals surface area contributed by atoms with Crippen LogP contribution in [-0.4, -0.2) is 12.6 Å². The molecule has 0 unspecified atom stereocenters.